The molecule has 3 rings (SSSR count). The van der Waals surface area contributed by atoms with E-state index in [9.17, 15) is 4.79 Å². The summed E-state index contributed by atoms with van der Waals surface area (Å²) in [5.41, 5.74) is 0.695. The minimum atomic E-state index is -0.638. The first-order chi connectivity index (χ1) is 11.1. The number of carbonyl (C=O) groups is 1. The molecule has 0 saturated carbocycles. The Balaban J connectivity index is 1.74. The number of thioether (sulfide) groups is 1. The fourth-order valence-electron chi connectivity index (χ4n) is 1.91. The minimum Gasteiger partial charge on any atom is -0.456 e. The Kier molecular flexibility index (Phi) is 4.79. The molecule has 0 amide bonds. The van der Waals surface area contributed by atoms with Gasteiger partial charge in [0.2, 0.25) is 6.79 Å². The molecular weight excluding hydrogens is 363 g/mol. The zero-order chi connectivity index (χ0) is 16.4. The molecule has 0 fully saturated rings. The van der Waals surface area contributed by atoms with E-state index in [4.69, 9.17) is 37.4 Å². The fourth-order valence-corrected chi connectivity index (χ4v) is 2.71. The van der Waals surface area contributed by atoms with Crippen LogP contribution in [0.2, 0.25) is 10.0 Å². The second-order valence-electron chi connectivity index (χ2n) is 4.44. The molecule has 0 N–H and O–H groups in total. The molecule has 23 heavy (non-hydrogen) atoms. The summed E-state index contributed by atoms with van der Waals surface area (Å²) in [5.74, 6) is 0.375. The van der Waals surface area contributed by atoms with E-state index in [2.05, 4.69) is 9.97 Å². The Labute approximate surface area is 146 Å². The lowest BCUT2D eigenvalue weighted by Gasteiger charge is -2.08. The summed E-state index contributed by atoms with van der Waals surface area (Å²) in [5, 5.41) is 0.972. The Morgan fingerprint density at radius 1 is 1.35 bits per heavy atom. The van der Waals surface area contributed by atoms with Gasteiger partial charge < -0.3 is 14.2 Å². The van der Waals surface area contributed by atoms with Crippen molar-refractivity contribution in [3.8, 4) is 11.5 Å². The van der Waals surface area contributed by atoms with Gasteiger partial charge in [0.15, 0.2) is 22.3 Å². The Hall–Kier alpha value is -1.70. The number of nitrogens with zero attached hydrogens (tertiary/aromatic N) is 2. The van der Waals surface area contributed by atoms with Gasteiger partial charge in [0, 0.05) is 0 Å². The number of fused-ring (bicyclic) bond motifs is 1. The molecule has 0 unspecified atom stereocenters. The molecule has 0 atom stereocenters. The van der Waals surface area contributed by atoms with Crippen LogP contribution >= 0.6 is 35.0 Å². The summed E-state index contributed by atoms with van der Waals surface area (Å²) in [4.78, 5) is 20.2. The number of aromatic nitrogens is 2. The number of halogens is 2. The molecule has 0 aliphatic carbocycles. The van der Waals surface area contributed by atoms with Crippen LogP contribution in [0.15, 0.2) is 23.5 Å². The first-order valence-corrected chi connectivity index (χ1v) is 8.38. The van der Waals surface area contributed by atoms with Gasteiger partial charge in [-0.15, -0.1) is 0 Å². The summed E-state index contributed by atoms with van der Waals surface area (Å²) in [6.45, 7) is 0.121. The maximum Gasteiger partial charge on any atom is 0.358 e. The highest BCUT2D eigenvalue weighted by atomic mass is 35.5. The lowest BCUT2D eigenvalue weighted by atomic mass is 10.2. The molecule has 120 valence electrons. The summed E-state index contributed by atoms with van der Waals surface area (Å²) in [6.07, 6.45) is 3.17. The van der Waals surface area contributed by atoms with E-state index in [1.165, 1.54) is 18.0 Å². The number of benzene rings is 1. The second-order valence-corrected chi connectivity index (χ2v) is 6.03. The van der Waals surface area contributed by atoms with Gasteiger partial charge in [0.05, 0.1) is 16.2 Å². The standard InChI is InChI=1S/C14H10Cl2N2O4S/c1-23-14-17-4-9(16)11(18-14)13(19)20-5-7-2-8(15)12-10(3-7)21-6-22-12/h2-4H,5-6H2,1H3. The van der Waals surface area contributed by atoms with Gasteiger partial charge >= 0.3 is 5.97 Å². The van der Waals surface area contributed by atoms with Crippen molar-refractivity contribution in [2.75, 3.05) is 13.0 Å². The molecule has 0 spiro atoms. The number of hydrogen-bond acceptors (Lipinski definition) is 7. The van der Waals surface area contributed by atoms with Crippen molar-refractivity contribution < 1.29 is 19.0 Å². The highest BCUT2D eigenvalue weighted by molar-refractivity contribution is 7.98. The van der Waals surface area contributed by atoms with Gasteiger partial charge in [0.1, 0.15) is 6.61 Å². The summed E-state index contributed by atoms with van der Waals surface area (Å²) in [6, 6.07) is 3.35. The van der Waals surface area contributed by atoms with E-state index in [1.54, 1.807) is 18.4 Å². The molecule has 2 heterocycles. The first kappa shape index (κ1) is 16.2. The molecule has 1 aliphatic rings. The topological polar surface area (TPSA) is 70.5 Å². The third kappa shape index (κ3) is 3.46. The molecule has 1 aromatic carbocycles. The lowest BCUT2D eigenvalue weighted by molar-refractivity contribution is 0.0464. The predicted octanol–water partition coefficient (Wildman–Crippen LogP) is 3.59. The van der Waals surface area contributed by atoms with E-state index in [0.717, 1.165) is 0 Å². The van der Waals surface area contributed by atoms with Crippen LogP contribution < -0.4 is 9.47 Å². The van der Waals surface area contributed by atoms with Gasteiger partial charge in [0.25, 0.3) is 0 Å². The first-order valence-electron chi connectivity index (χ1n) is 6.40. The monoisotopic (exact) mass is 372 g/mol. The summed E-state index contributed by atoms with van der Waals surface area (Å²) < 4.78 is 15.7. The number of carbonyl (C=O) groups excluding carboxylic acids is 1. The fraction of sp³-hybridized carbons (Fsp3) is 0.214. The van der Waals surface area contributed by atoms with Crippen LogP contribution in [-0.2, 0) is 11.3 Å². The van der Waals surface area contributed by atoms with Crippen molar-refractivity contribution in [3.05, 3.63) is 39.6 Å². The molecule has 9 heteroatoms. The van der Waals surface area contributed by atoms with Crippen LogP contribution in [0.1, 0.15) is 16.1 Å². The van der Waals surface area contributed by atoms with Gasteiger partial charge in [-0.05, 0) is 24.0 Å². The van der Waals surface area contributed by atoms with Crippen LogP contribution in [0.25, 0.3) is 0 Å². The van der Waals surface area contributed by atoms with Crippen molar-refractivity contribution in [1.29, 1.82) is 0 Å². The smallest absolute Gasteiger partial charge is 0.358 e. The third-order valence-electron chi connectivity index (χ3n) is 2.95. The van der Waals surface area contributed by atoms with Crippen LogP contribution in [0.4, 0.5) is 0 Å². The lowest BCUT2D eigenvalue weighted by Crippen LogP contribution is -2.09. The zero-order valence-electron chi connectivity index (χ0n) is 11.8. The van der Waals surface area contributed by atoms with Crippen LogP contribution in [-0.4, -0.2) is 29.0 Å². The average Bonchev–Trinajstić information content (AvgIpc) is 3.02. The molecule has 1 aromatic heterocycles. The summed E-state index contributed by atoms with van der Waals surface area (Å²) >= 11 is 13.3. The van der Waals surface area contributed by atoms with E-state index in [-0.39, 0.29) is 24.1 Å². The van der Waals surface area contributed by atoms with E-state index in [0.29, 0.717) is 27.2 Å². The normalized spacial score (nSPS) is 12.3. The van der Waals surface area contributed by atoms with Gasteiger partial charge in [-0.1, -0.05) is 35.0 Å². The van der Waals surface area contributed by atoms with Gasteiger partial charge in [-0.25, -0.2) is 14.8 Å². The molecule has 0 saturated heterocycles. The van der Waals surface area contributed by atoms with Crippen LogP contribution in [0, 0.1) is 0 Å². The van der Waals surface area contributed by atoms with Crippen LogP contribution in [0.5, 0.6) is 11.5 Å². The van der Waals surface area contributed by atoms with Crippen molar-refractivity contribution >= 4 is 40.9 Å². The summed E-state index contributed by atoms with van der Waals surface area (Å²) in [7, 11) is 0. The number of esters is 1. The van der Waals surface area contributed by atoms with E-state index in [1.807, 2.05) is 0 Å². The molecule has 2 aromatic rings. The predicted molar refractivity (Wildman–Crippen MR) is 85.5 cm³/mol. The highest BCUT2D eigenvalue weighted by Crippen LogP contribution is 2.39. The minimum absolute atomic E-state index is 0.00409. The quantitative estimate of drug-likeness (QED) is 0.461. The SMILES string of the molecule is CSc1ncc(Cl)c(C(=O)OCc2cc(Cl)c3c(c2)OCO3)n1. The maximum absolute atomic E-state index is 12.1. The van der Waals surface area contributed by atoms with Gasteiger partial charge in [-0.3, -0.25) is 0 Å². The van der Waals surface area contributed by atoms with E-state index >= 15 is 0 Å². The van der Waals surface area contributed by atoms with Gasteiger partial charge in [-0.2, -0.15) is 0 Å². The Morgan fingerprint density at radius 3 is 2.96 bits per heavy atom. The number of rotatable bonds is 4. The second kappa shape index (κ2) is 6.82. The van der Waals surface area contributed by atoms with Crippen LogP contribution in [0.3, 0.4) is 0 Å². The zero-order valence-corrected chi connectivity index (χ0v) is 14.2. The van der Waals surface area contributed by atoms with Crippen molar-refractivity contribution in [2.24, 2.45) is 0 Å². The molecular formula is C14H10Cl2N2O4S. The van der Waals surface area contributed by atoms with Crippen molar-refractivity contribution in [1.82, 2.24) is 9.97 Å². The number of hydrogen-bond donors (Lipinski definition) is 0. The molecule has 6 nitrogen and oxygen atoms in total. The van der Waals surface area contributed by atoms with Crippen molar-refractivity contribution in [3.63, 3.8) is 0 Å². The largest absolute Gasteiger partial charge is 0.456 e. The van der Waals surface area contributed by atoms with Crippen molar-refractivity contribution in [2.45, 2.75) is 11.8 Å². The van der Waals surface area contributed by atoms with E-state index < -0.39 is 5.97 Å². The Morgan fingerprint density at radius 2 is 2.17 bits per heavy atom. The Bertz CT molecular complexity index is 773. The average molecular weight is 373 g/mol. The number of ether oxygens (including phenoxy) is 3. The molecule has 0 radical (unpaired) electrons. The highest BCUT2D eigenvalue weighted by Gasteiger charge is 2.20. The molecule has 0 bridgehead atoms. The molecule has 1 aliphatic heterocycles. The third-order valence-corrected chi connectivity index (χ3v) is 4.07. The maximum atomic E-state index is 12.1.